The van der Waals surface area contributed by atoms with Crippen LogP contribution >= 0.6 is 0 Å². The average Bonchev–Trinajstić information content (AvgIpc) is 1.95. The van der Waals surface area contributed by atoms with Crippen molar-refractivity contribution in [1.29, 1.82) is 0 Å². The molecule has 0 atom stereocenters. The molecule has 0 nitrogen and oxygen atoms in total. The van der Waals surface area contributed by atoms with Gasteiger partial charge in [-0.15, -0.1) is 0 Å². The van der Waals surface area contributed by atoms with E-state index in [9.17, 15) is 0 Å². The number of hydrogen-bond acceptors (Lipinski definition) is 0. The standard InChI is InChI=1S/C9H18/c1-5-9(6-2,7-3)8-4/h1-2,5-8H2,3-4H3. The molecule has 0 N–H and O–H groups in total. The van der Waals surface area contributed by atoms with Crippen molar-refractivity contribution < 1.29 is 0 Å². The fourth-order valence-corrected chi connectivity index (χ4v) is 1.08. The summed E-state index contributed by atoms with van der Waals surface area (Å²) in [6, 6.07) is 0. The van der Waals surface area contributed by atoms with Gasteiger partial charge in [0.15, 0.2) is 0 Å². The van der Waals surface area contributed by atoms with Crippen LogP contribution in [0.2, 0.25) is 0 Å². The van der Waals surface area contributed by atoms with Gasteiger partial charge in [0.25, 0.3) is 0 Å². The Morgan fingerprint density at radius 2 is 1.33 bits per heavy atom. The van der Waals surface area contributed by atoms with E-state index >= 15 is 0 Å². The highest BCUT2D eigenvalue weighted by atomic mass is 14.3. The first-order valence-electron chi connectivity index (χ1n) is 3.83. The van der Waals surface area contributed by atoms with Crippen LogP contribution in [-0.2, 0) is 0 Å². The quantitative estimate of drug-likeness (QED) is 0.542. The molecule has 0 saturated carbocycles. The topological polar surface area (TPSA) is 0 Å². The summed E-state index contributed by atoms with van der Waals surface area (Å²) >= 11 is 0. The predicted octanol–water partition coefficient (Wildman–Crippen LogP) is 3.24. The van der Waals surface area contributed by atoms with Gasteiger partial charge in [-0.1, -0.05) is 40.5 Å². The summed E-state index contributed by atoms with van der Waals surface area (Å²) < 4.78 is 0. The Bertz CT molecular complexity index is 42.9. The SMILES string of the molecule is [CH2]CC(C[CH2])(CC)CC. The molecule has 9 heavy (non-hydrogen) atoms. The van der Waals surface area contributed by atoms with E-state index in [-0.39, 0.29) is 0 Å². The average molecular weight is 126 g/mol. The fourth-order valence-electron chi connectivity index (χ4n) is 1.08. The largest absolute Gasteiger partial charge is 0.0649 e. The van der Waals surface area contributed by atoms with Crippen molar-refractivity contribution in [3.8, 4) is 0 Å². The lowest BCUT2D eigenvalue weighted by Crippen LogP contribution is -2.15. The summed E-state index contributed by atoms with van der Waals surface area (Å²) in [5.41, 5.74) is 0.444. The molecule has 0 aromatic heterocycles. The normalized spacial score (nSPS) is 12.0. The molecule has 0 heteroatoms. The van der Waals surface area contributed by atoms with E-state index < -0.39 is 0 Å². The highest BCUT2D eigenvalue weighted by molar-refractivity contribution is 4.77. The molecule has 0 aliphatic carbocycles. The molecule has 0 fully saturated rings. The second-order valence-corrected chi connectivity index (χ2v) is 2.71. The molecule has 0 heterocycles. The van der Waals surface area contributed by atoms with E-state index in [0.29, 0.717) is 5.41 Å². The summed E-state index contributed by atoms with van der Waals surface area (Å²) in [5.74, 6) is 0. The van der Waals surface area contributed by atoms with Gasteiger partial charge in [-0.3, -0.25) is 0 Å². The maximum absolute atomic E-state index is 3.93. The molecule has 0 amide bonds. The van der Waals surface area contributed by atoms with Crippen molar-refractivity contribution >= 4 is 0 Å². The number of hydrogen-bond donors (Lipinski definition) is 0. The van der Waals surface area contributed by atoms with Gasteiger partial charge in [-0.05, 0) is 18.3 Å². The smallest absolute Gasteiger partial charge is 0.0303 e. The monoisotopic (exact) mass is 126 g/mol. The van der Waals surface area contributed by atoms with Crippen LogP contribution < -0.4 is 0 Å². The van der Waals surface area contributed by atoms with Crippen LogP contribution in [0.15, 0.2) is 0 Å². The van der Waals surface area contributed by atoms with Crippen molar-refractivity contribution in [2.45, 2.75) is 39.5 Å². The summed E-state index contributed by atoms with van der Waals surface area (Å²) in [7, 11) is 0. The maximum Gasteiger partial charge on any atom is -0.0303 e. The summed E-state index contributed by atoms with van der Waals surface area (Å²) in [6.07, 6.45) is 4.50. The molecule has 0 aromatic carbocycles. The minimum atomic E-state index is 0.444. The van der Waals surface area contributed by atoms with E-state index in [2.05, 4.69) is 27.7 Å². The fraction of sp³-hybridized carbons (Fsp3) is 0.778. The first kappa shape index (κ1) is 9.00. The van der Waals surface area contributed by atoms with E-state index in [1.54, 1.807) is 0 Å². The Labute approximate surface area is 59.7 Å². The van der Waals surface area contributed by atoms with E-state index in [1.807, 2.05) is 0 Å². The van der Waals surface area contributed by atoms with Crippen LogP contribution in [0.1, 0.15) is 39.5 Å². The molecular formula is C9H18. The highest BCUT2D eigenvalue weighted by Crippen LogP contribution is 2.32. The van der Waals surface area contributed by atoms with Gasteiger partial charge in [-0.25, -0.2) is 0 Å². The lowest BCUT2D eigenvalue weighted by Gasteiger charge is -2.28. The van der Waals surface area contributed by atoms with Crippen molar-refractivity contribution in [3.63, 3.8) is 0 Å². The first-order chi connectivity index (χ1) is 4.24. The van der Waals surface area contributed by atoms with Gasteiger partial charge in [0.1, 0.15) is 0 Å². The van der Waals surface area contributed by atoms with Crippen LogP contribution in [0.4, 0.5) is 0 Å². The van der Waals surface area contributed by atoms with Crippen molar-refractivity contribution in [1.82, 2.24) is 0 Å². The maximum atomic E-state index is 3.93. The molecule has 0 spiro atoms. The van der Waals surface area contributed by atoms with Crippen LogP contribution in [0, 0.1) is 19.3 Å². The lowest BCUT2D eigenvalue weighted by atomic mass is 9.78. The van der Waals surface area contributed by atoms with Crippen LogP contribution in [0.3, 0.4) is 0 Å². The Balaban J connectivity index is 3.82. The van der Waals surface area contributed by atoms with Crippen molar-refractivity contribution in [2.75, 3.05) is 0 Å². The van der Waals surface area contributed by atoms with E-state index in [0.717, 1.165) is 12.8 Å². The third-order valence-corrected chi connectivity index (χ3v) is 2.56. The zero-order valence-electron chi connectivity index (χ0n) is 6.74. The summed E-state index contributed by atoms with van der Waals surface area (Å²) in [5, 5.41) is 0. The van der Waals surface area contributed by atoms with E-state index in [4.69, 9.17) is 0 Å². The van der Waals surface area contributed by atoms with Gasteiger partial charge in [0, 0.05) is 0 Å². The van der Waals surface area contributed by atoms with Crippen LogP contribution in [-0.4, -0.2) is 0 Å². The first-order valence-corrected chi connectivity index (χ1v) is 3.83. The molecular weight excluding hydrogens is 108 g/mol. The van der Waals surface area contributed by atoms with Crippen LogP contribution in [0.25, 0.3) is 0 Å². The molecule has 0 saturated heterocycles. The van der Waals surface area contributed by atoms with Gasteiger partial charge in [0.2, 0.25) is 0 Å². The number of rotatable bonds is 4. The zero-order valence-corrected chi connectivity index (χ0v) is 6.74. The highest BCUT2D eigenvalue weighted by Gasteiger charge is 2.20. The van der Waals surface area contributed by atoms with Crippen molar-refractivity contribution in [3.05, 3.63) is 13.8 Å². The molecule has 0 unspecified atom stereocenters. The predicted molar refractivity (Wildman–Crippen MR) is 43.0 cm³/mol. The van der Waals surface area contributed by atoms with Gasteiger partial charge in [-0.2, -0.15) is 0 Å². The van der Waals surface area contributed by atoms with Gasteiger partial charge < -0.3 is 0 Å². The molecule has 0 aromatic rings. The summed E-state index contributed by atoms with van der Waals surface area (Å²) in [4.78, 5) is 0. The lowest BCUT2D eigenvalue weighted by molar-refractivity contribution is 0.266. The van der Waals surface area contributed by atoms with Crippen molar-refractivity contribution in [2.24, 2.45) is 5.41 Å². The summed E-state index contributed by atoms with van der Waals surface area (Å²) in [6.45, 7) is 12.3. The Morgan fingerprint density at radius 1 is 1.00 bits per heavy atom. The molecule has 0 aliphatic heterocycles. The zero-order chi connectivity index (χ0) is 7.33. The molecule has 2 radical (unpaired) electrons. The Hall–Kier alpha value is 0. The Morgan fingerprint density at radius 3 is 1.33 bits per heavy atom. The van der Waals surface area contributed by atoms with Crippen LogP contribution in [0.5, 0.6) is 0 Å². The molecule has 54 valence electrons. The second-order valence-electron chi connectivity index (χ2n) is 2.71. The Kier molecular flexibility index (Phi) is 3.92. The third-order valence-electron chi connectivity index (χ3n) is 2.56. The van der Waals surface area contributed by atoms with Gasteiger partial charge in [0.05, 0.1) is 0 Å². The van der Waals surface area contributed by atoms with E-state index in [1.165, 1.54) is 12.8 Å². The molecule has 0 bridgehead atoms. The molecule has 0 aliphatic rings. The molecule has 0 rings (SSSR count). The minimum absolute atomic E-state index is 0.444. The second kappa shape index (κ2) is 3.92. The minimum Gasteiger partial charge on any atom is -0.0649 e. The third kappa shape index (κ3) is 2.00. The van der Waals surface area contributed by atoms with Gasteiger partial charge >= 0.3 is 0 Å².